The van der Waals surface area contributed by atoms with Crippen molar-refractivity contribution in [2.24, 2.45) is 4.99 Å². The maximum Gasteiger partial charge on any atom is 0.191 e. The summed E-state index contributed by atoms with van der Waals surface area (Å²) in [5, 5.41) is 15.5. The predicted molar refractivity (Wildman–Crippen MR) is 123 cm³/mol. The minimum atomic E-state index is 0. The lowest BCUT2D eigenvalue weighted by molar-refractivity contribution is 0.414. The number of methoxy groups -OCH3 is 1. The molecule has 0 bridgehead atoms. The lowest BCUT2D eigenvalue weighted by Crippen LogP contribution is -2.37. The monoisotopic (exact) mass is 498 g/mol. The van der Waals surface area contributed by atoms with Crippen molar-refractivity contribution in [3.8, 4) is 5.75 Å². The number of aliphatic imine (C=N–C) groups is 1. The third-order valence-electron chi connectivity index (χ3n) is 4.87. The molecule has 2 N–H and O–H groups in total. The van der Waals surface area contributed by atoms with Gasteiger partial charge in [-0.05, 0) is 37.0 Å². The smallest absolute Gasteiger partial charge is 0.191 e. The third-order valence-corrected chi connectivity index (χ3v) is 4.87. The van der Waals surface area contributed by atoms with Crippen LogP contribution in [0.5, 0.6) is 5.75 Å². The van der Waals surface area contributed by atoms with Gasteiger partial charge in [0.2, 0.25) is 0 Å². The van der Waals surface area contributed by atoms with Gasteiger partial charge in [-0.3, -0.25) is 4.99 Å². The van der Waals surface area contributed by atoms with Crippen LogP contribution in [0.3, 0.4) is 0 Å². The number of hydrogen-bond donors (Lipinski definition) is 2. The average molecular weight is 498 g/mol. The third kappa shape index (κ3) is 6.35. The van der Waals surface area contributed by atoms with Gasteiger partial charge in [0, 0.05) is 39.5 Å². The maximum absolute atomic E-state index is 5.26. The molecule has 0 aliphatic carbocycles. The van der Waals surface area contributed by atoms with Crippen molar-refractivity contribution in [1.29, 1.82) is 0 Å². The molecule has 3 rings (SSSR count). The van der Waals surface area contributed by atoms with Crippen LogP contribution in [0.4, 0.5) is 0 Å². The van der Waals surface area contributed by atoms with Gasteiger partial charge in [0.1, 0.15) is 17.4 Å². The lowest BCUT2D eigenvalue weighted by atomic mass is 10.2. The van der Waals surface area contributed by atoms with Crippen molar-refractivity contribution in [3.63, 3.8) is 0 Å². The number of nitrogens with one attached hydrogen (secondary N) is 2. The Morgan fingerprint density at radius 3 is 2.93 bits per heavy atom. The second kappa shape index (κ2) is 11.9. The summed E-state index contributed by atoms with van der Waals surface area (Å²) >= 11 is 0. The number of fused-ring (bicyclic) bond motifs is 1. The number of hydrogen-bond acceptors (Lipinski definition) is 4. The molecule has 0 saturated carbocycles. The largest absolute Gasteiger partial charge is 0.497 e. The highest BCUT2D eigenvalue weighted by molar-refractivity contribution is 14.0. The van der Waals surface area contributed by atoms with Crippen molar-refractivity contribution in [2.45, 2.75) is 51.6 Å². The van der Waals surface area contributed by atoms with Gasteiger partial charge in [-0.2, -0.15) is 0 Å². The van der Waals surface area contributed by atoms with E-state index in [1.165, 1.54) is 19.3 Å². The summed E-state index contributed by atoms with van der Waals surface area (Å²) in [6.07, 6.45) is 6.75. The summed E-state index contributed by atoms with van der Waals surface area (Å²) in [5.41, 5.74) is 1.16. The SMILES string of the molecule is CN=C(NCCCc1nnc2n1CCCCC2)NCc1cccc(OC)c1.I. The Kier molecular flexibility index (Phi) is 9.52. The molecule has 0 spiro atoms. The zero-order valence-electron chi connectivity index (χ0n) is 16.8. The van der Waals surface area contributed by atoms with E-state index in [9.17, 15) is 0 Å². The van der Waals surface area contributed by atoms with Gasteiger partial charge in [-0.15, -0.1) is 34.2 Å². The van der Waals surface area contributed by atoms with Crippen LogP contribution in [0.25, 0.3) is 0 Å². The molecule has 0 amide bonds. The normalized spacial score (nSPS) is 13.9. The van der Waals surface area contributed by atoms with E-state index in [4.69, 9.17) is 4.74 Å². The van der Waals surface area contributed by atoms with Gasteiger partial charge in [-0.25, -0.2) is 0 Å². The van der Waals surface area contributed by atoms with E-state index in [0.717, 1.165) is 61.3 Å². The van der Waals surface area contributed by atoms with Crippen LogP contribution in [0.2, 0.25) is 0 Å². The summed E-state index contributed by atoms with van der Waals surface area (Å²) in [7, 11) is 3.47. The van der Waals surface area contributed by atoms with Gasteiger partial charge in [0.05, 0.1) is 7.11 Å². The van der Waals surface area contributed by atoms with E-state index in [1.54, 1.807) is 14.2 Å². The molecule has 154 valence electrons. The summed E-state index contributed by atoms with van der Waals surface area (Å²) < 4.78 is 7.59. The number of halogens is 1. The maximum atomic E-state index is 5.26. The molecule has 1 aromatic carbocycles. The highest BCUT2D eigenvalue weighted by Gasteiger charge is 2.14. The van der Waals surface area contributed by atoms with Crippen LogP contribution in [0.1, 0.15) is 42.9 Å². The fourth-order valence-corrected chi connectivity index (χ4v) is 3.37. The minimum absolute atomic E-state index is 0. The Bertz CT molecular complexity index is 761. The van der Waals surface area contributed by atoms with Crippen molar-refractivity contribution in [1.82, 2.24) is 25.4 Å². The first kappa shape index (κ1) is 22.4. The van der Waals surface area contributed by atoms with Crippen LogP contribution in [-0.2, 0) is 25.9 Å². The highest BCUT2D eigenvalue weighted by Crippen LogP contribution is 2.15. The summed E-state index contributed by atoms with van der Waals surface area (Å²) in [4.78, 5) is 4.29. The fraction of sp³-hybridized carbons (Fsp3) is 0.550. The first-order valence-electron chi connectivity index (χ1n) is 9.78. The summed E-state index contributed by atoms with van der Waals surface area (Å²) in [6.45, 7) is 2.61. The molecule has 8 heteroatoms. The average Bonchev–Trinajstić information content (AvgIpc) is 2.93. The van der Waals surface area contributed by atoms with Crippen LogP contribution >= 0.6 is 24.0 Å². The molecule has 1 aliphatic rings. The predicted octanol–water partition coefficient (Wildman–Crippen LogP) is 2.93. The van der Waals surface area contributed by atoms with E-state index >= 15 is 0 Å². The molecule has 0 radical (unpaired) electrons. The van der Waals surface area contributed by atoms with E-state index in [-0.39, 0.29) is 24.0 Å². The number of nitrogens with zero attached hydrogens (tertiary/aromatic N) is 4. The number of guanidine groups is 1. The second-order valence-electron chi connectivity index (χ2n) is 6.80. The number of benzene rings is 1. The summed E-state index contributed by atoms with van der Waals surface area (Å²) in [6, 6.07) is 8.03. The van der Waals surface area contributed by atoms with Crippen LogP contribution in [-0.4, -0.2) is 41.4 Å². The Morgan fingerprint density at radius 2 is 2.11 bits per heavy atom. The molecule has 0 atom stereocenters. The quantitative estimate of drug-likeness (QED) is 0.266. The second-order valence-corrected chi connectivity index (χ2v) is 6.80. The van der Waals surface area contributed by atoms with Crippen molar-refractivity contribution >= 4 is 29.9 Å². The number of aryl methyl sites for hydroxylation is 2. The Morgan fingerprint density at radius 1 is 1.21 bits per heavy atom. The van der Waals surface area contributed by atoms with Crippen molar-refractivity contribution in [2.75, 3.05) is 20.7 Å². The number of rotatable bonds is 7. The number of aromatic nitrogens is 3. The molecule has 7 nitrogen and oxygen atoms in total. The molecular weight excluding hydrogens is 467 g/mol. The van der Waals surface area contributed by atoms with Gasteiger partial charge in [0.25, 0.3) is 0 Å². The molecule has 1 aliphatic heterocycles. The van der Waals surface area contributed by atoms with Crippen LogP contribution < -0.4 is 15.4 Å². The van der Waals surface area contributed by atoms with E-state index in [1.807, 2.05) is 18.2 Å². The van der Waals surface area contributed by atoms with Crippen molar-refractivity contribution < 1.29 is 4.74 Å². The van der Waals surface area contributed by atoms with E-state index < -0.39 is 0 Å². The topological polar surface area (TPSA) is 76.4 Å². The molecule has 28 heavy (non-hydrogen) atoms. The lowest BCUT2D eigenvalue weighted by Gasteiger charge is -2.12. The Hall–Kier alpha value is -1.84. The molecule has 2 aromatic rings. The zero-order chi connectivity index (χ0) is 18.9. The Balaban J connectivity index is 0.00000280. The van der Waals surface area contributed by atoms with Crippen molar-refractivity contribution in [3.05, 3.63) is 41.5 Å². The van der Waals surface area contributed by atoms with Gasteiger partial charge >= 0.3 is 0 Å². The Labute approximate surface area is 184 Å². The zero-order valence-corrected chi connectivity index (χ0v) is 19.1. The molecule has 0 unspecified atom stereocenters. The van der Waals surface area contributed by atoms with E-state index in [2.05, 4.69) is 36.5 Å². The first-order valence-corrected chi connectivity index (χ1v) is 9.78. The fourth-order valence-electron chi connectivity index (χ4n) is 3.37. The van der Waals surface area contributed by atoms with Crippen LogP contribution in [0, 0.1) is 0 Å². The van der Waals surface area contributed by atoms with E-state index in [0.29, 0.717) is 6.54 Å². The molecule has 0 saturated heterocycles. The molecule has 2 heterocycles. The van der Waals surface area contributed by atoms with Crippen LogP contribution in [0.15, 0.2) is 29.3 Å². The van der Waals surface area contributed by atoms with Gasteiger partial charge in [0.15, 0.2) is 5.96 Å². The molecular formula is C20H31IN6O. The number of ether oxygens (including phenoxy) is 1. The van der Waals surface area contributed by atoms with Gasteiger partial charge < -0.3 is 19.9 Å². The highest BCUT2D eigenvalue weighted by atomic mass is 127. The summed E-state index contributed by atoms with van der Waals surface area (Å²) in [5.74, 6) is 3.95. The van der Waals surface area contributed by atoms with Gasteiger partial charge in [-0.1, -0.05) is 18.6 Å². The molecule has 1 aromatic heterocycles. The minimum Gasteiger partial charge on any atom is -0.497 e. The standard InChI is InChI=1S/C20H30N6O.HI/c1-21-20(23-15-16-8-6-9-17(14-16)27-2)22-12-7-11-19-25-24-18-10-4-3-5-13-26(18)19;/h6,8-9,14H,3-5,7,10-13,15H2,1-2H3,(H2,21,22,23);1H. The molecule has 0 fully saturated rings. The first-order chi connectivity index (χ1) is 13.3.